The Morgan fingerprint density at radius 2 is 1.55 bits per heavy atom. The van der Waals surface area contributed by atoms with Gasteiger partial charge in [-0.05, 0) is 57.5 Å². The number of unbranched alkanes of at least 4 members (excludes halogenated alkanes) is 1. The van der Waals surface area contributed by atoms with Crippen molar-refractivity contribution < 1.29 is 32.7 Å². The van der Waals surface area contributed by atoms with Crippen molar-refractivity contribution in [1.29, 1.82) is 0 Å². The lowest BCUT2D eigenvalue weighted by molar-refractivity contribution is -0.141. The van der Waals surface area contributed by atoms with Crippen LogP contribution < -0.4 is 5.32 Å². The summed E-state index contributed by atoms with van der Waals surface area (Å²) in [6, 6.07) is 2.26. The Kier molecular flexibility index (Phi) is 13.8. The first-order valence-corrected chi connectivity index (χ1v) is 18.3. The Hall–Kier alpha value is -1.50. The highest BCUT2D eigenvalue weighted by Gasteiger charge is 2.32. The van der Waals surface area contributed by atoms with Crippen LogP contribution in [0.1, 0.15) is 39.0 Å². The lowest BCUT2D eigenvalue weighted by Crippen LogP contribution is -2.44. The number of hydrogen-bond acceptors (Lipinski definition) is 7. The van der Waals surface area contributed by atoms with Gasteiger partial charge in [0.1, 0.15) is 6.61 Å². The molecule has 0 saturated carbocycles. The number of rotatable bonds is 17. The first-order valence-electron chi connectivity index (χ1n) is 12.1. The largest absolute Gasteiger partial charge is 0.463 e. The number of carbonyl (C=O) groups excluding carboxylic acids is 3. The zero-order valence-corrected chi connectivity index (χ0v) is 23.1. The van der Waals surface area contributed by atoms with Gasteiger partial charge in [-0.1, -0.05) is 19.8 Å². The topological polar surface area (TPSA) is 100 Å². The van der Waals surface area contributed by atoms with E-state index in [1.807, 2.05) is 0 Å². The summed E-state index contributed by atoms with van der Waals surface area (Å²) in [6.45, 7) is 13.3. The van der Waals surface area contributed by atoms with E-state index < -0.39 is 28.6 Å². The molecule has 8 nitrogen and oxygen atoms in total. The molecule has 10 heteroatoms. The van der Waals surface area contributed by atoms with Crippen molar-refractivity contribution in [1.82, 2.24) is 5.32 Å². The predicted molar refractivity (Wildman–Crippen MR) is 133 cm³/mol. The van der Waals surface area contributed by atoms with Gasteiger partial charge < -0.3 is 23.6 Å². The fourth-order valence-corrected chi connectivity index (χ4v) is 12.8. The van der Waals surface area contributed by atoms with E-state index in [0.717, 1.165) is 31.0 Å². The lowest BCUT2D eigenvalue weighted by Gasteiger charge is -2.34. The number of nitrogens with one attached hydrogen (secondary N) is 1. The van der Waals surface area contributed by atoms with Crippen LogP contribution in [0.4, 0.5) is 0 Å². The molecule has 1 rings (SSSR count). The van der Waals surface area contributed by atoms with E-state index in [1.54, 1.807) is 0 Å². The summed E-state index contributed by atoms with van der Waals surface area (Å²) in [5.74, 6) is -1.35. The number of amides is 1. The Morgan fingerprint density at radius 1 is 0.939 bits per heavy atom. The van der Waals surface area contributed by atoms with Crippen LogP contribution in [-0.4, -0.2) is 67.5 Å². The SMILES string of the molecule is CCCC[Si](C)(C)O[Si](C)(C)CCCOCCOC(=O)/C=C/C(=O)OCCC1CCNC1=O. The Bertz CT molecular complexity index is 653. The summed E-state index contributed by atoms with van der Waals surface area (Å²) in [5, 5.41) is 2.74. The molecule has 0 spiro atoms. The van der Waals surface area contributed by atoms with Gasteiger partial charge >= 0.3 is 11.9 Å². The van der Waals surface area contributed by atoms with E-state index in [-0.39, 0.29) is 25.0 Å². The van der Waals surface area contributed by atoms with Crippen molar-refractivity contribution in [2.75, 3.05) is 33.0 Å². The summed E-state index contributed by atoms with van der Waals surface area (Å²) in [5.41, 5.74) is 0. The molecular formula is C23H43NO7Si2. The van der Waals surface area contributed by atoms with Crippen LogP contribution in [0.15, 0.2) is 12.2 Å². The molecule has 0 aliphatic carbocycles. The van der Waals surface area contributed by atoms with Gasteiger partial charge in [-0.15, -0.1) is 0 Å². The molecule has 1 aliphatic heterocycles. The molecule has 1 atom stereocenters. The van der Waals surface area contributed by atoms with E-state index in [0.29, 0.717) is 26.2 Å². The zero-order chi connectivity index (χ0) is 24.7. The molecule has 0 radical (unpaired) electrons. The van der Waals surface area contributed by atoms with Crippen LogP contribution in [0, 0.1) is 5.92 Å². The molecule has 33 heavy (non-hydrogen) atoms. The maximum atomic E-state index is 11.7. The summed E-state index contributed by atoms with van der Waals surface area (Å²) in [6.07, 6.45) is 6.70. The van der Waals surface area contributed by atoms with E-state index in [9.17, 15) is 14.4 Å². The van der Waals surface area contributed by atoms with Gasteiger partial charge in [-0.2, -0.15) is 0 Å². The Morgan fingerprint density at radius 3 is 2.12 bits per heavy atom. The van der Waals surface area contributed by atoms with Crippen molar-refractivity contribution in [2.24, 2.45) is 5.92 Å². The third-order valence-corrected chi connectivity index (χ3v) is 13.0. The van der Waals surface area contributed by atoms with Crippen LogP contribution in [0.5, 0.6) is 0 Å². The van der Waals surface area contributed by atoms with Gasteiger partial charge in [0, 0.05) is 31.2 Å². The van der Waals surface area contributed by atoms with E-state index >= 15 is 0 Å². The second-order valence-electron chi connectivity index (χ2n) is 9.67. The minimum Gasteiger partial charge on any atom is -0.463 e. The Balaban J connectivity index is 2.07. The normalized spacial score (nSPS) is 16.8. The summed E-state index contributed by atoms with van der Waals surface area (Å²) < 4.78 is 22.2. The summed E-state index contributed by atoms with van der Waals surface area (Å²) >= 11 is 0. The van der Waals surface area contributed by atoms with Crippen LogP contribution in [-0.2, 0) is 32.7 Å². The van der Waals surface area contributed by atoms with Gasteiger partial charge in [-0.3, -0.25) is 4.79 Å². The van der Waals surface area contributed by atoms with Crippen molar-refractivity contribution >= 4 is 34.5 Å². The maximum absolute atomic E-state index is 11.7. The van der Waals surface area contributed by atoms with Gasteiger partial charge in [-0.25, -0.2) is 9.59 Å². The van der Waals surface area contributed by atoms with E-state index in [1.165, 1.54) is 18.9 Å². The molecule has 1 amide bonds. The van der Waals surface area contributed by atoms with Gasteiger partial charge in [0.15, 0.2) is 16.6 Å². The van der Waals surface area contributed by atoms with Crippen LogP contribution in [0.25, 0.3) is 0 Å². The molecule has 0 aromatic carbocycles. The van der Waals surface area contributed by atoms with Crippen LogP contribution in [0.2, 0.25) is 38.3 Å². The van der Waals surface area contributed by atoms with Crippen molar-refractivity contribution in [3.8, 4) is 0 Å². The molecule has 0 bridgehead atoms. The number of hydrogen-bond donors (Lipinski definition) is 1. The van der Waals surface area contributed by atoms with Crippen LogP contribution in [0.3, 0.4) is 0 Å². The first-order chi connectivity index (χ1) is 15.5. The maximum Gasteiger partial charge on any atom is 0.331 e. The van der Waals surface area contributed by atoms with Gasteiger partial charge in [0.05, 0.1) is 13.2 Å². The molecular weight excluding hydrogens is 458 g/mol. The lowest BCUT2D eigenvalue weighted by atomic mass is 10.1. The summed E-state index contributed by atoms with van der Waals surface area (Å²) in [7, 11) is -3.27. The second-order valence-corrected chi connectivity index (χ2v) is 18.5. The van der Waals surface area contributed by atoms with Crippen molar-refractivity contribution in [2.45, 2.75) is 77.3 Å². The van der Waals surface area contributed by atoms with Crippen LogP contribution >= 0.6 is 0 Å². The molecule has 0 aromatic rings. The summed E-state index contributed by atoms with van der Waals surface area (Å²) in [4.78, 5) is 34.7. The van der Waals surface area contributed by atoms with Gasteiger partial charge in [0.2, 0.25) is 5.91 Å². The third-order valence-electron chi connectivity index (χ3n) is 5.45. The minimum absolute atomic E-state index is 0.000437. The third kappa shape index (κ3) is 14.4. The molecule has 1 fully saturated rings. The fourth-order valence-electron chi connectivity index (χ4n) is 3.81. The smallest absolute Gasteiger partial charge is 0.331 e. The number of esters is 2. The molecule has 1 saturated heterocycles. The highest BCUT2D eigenvalue weighted by atomic mass is 28.4. The number of carbonyl (C=O) groups is 3. The number of ether oxygens (including phenoxy) is 3. The van der Waals surface area contributed by atoms with E-state index in [2.05, 4.69) is 38.4 Å². The molecule has 190 valence electrons. The Labute approximate surface area is 201 Å². The van der Waals surface area contributed by atoms with Crippen molar-refractivity contribution in [3.05, 3.63) is 12.2 Å². The average Bonchev–Trinajstić information content (AvgIpc) is 3.14. The monoisotopic (exact) mass is 501 g/mol. The first kappa shape index (κ1) is 29.5. The predicted octanol–water partition coefficient (Wildman–Crippen LogP) is 3.79. The highest BCUT2D eigenvalue weighted by molar-refractivity contribution is 6.84. The molecule has 0 aromatic heterocycles. The van der Waals surface area contributed by atoms with Gasteiger partial charge in [0.25, 0.3) is 0 Å². The quantitative estimate of drug-likeness (QED) is 0.140. The van der Waals surface area contributed by atoms with Crippen molar-refractivity contribution in [3.63, 3.8) is 0 Å². The molecule has 1 heterocycles. The standard InChI is InChI=1S/C23H43NO7Si2/c1-6-7-18-32(2,3)31-33(4,5)19-8-14-28-16-17-30-22(26)10-9-21(25)29-15-12-20-11-13-24-23(20)27/h9-10,20H,6-8,11-19H2,1-5H3,(H,24,27)/b10-9+. The highest BCUT2D eigenvalue weighted by Crippen LogP contribution is 2.24. The minimum atomic E-state index is -1.69. The second kappa shape index (κ2) is 15.4. The molecule has 1 aliphatic rings. The molecule has 1 N–H and O–H groups in total. The van der Waals surface area contributed by atoms with E-state index in [4.69, 9.17) is 18.3 Å². The molecule has 1 unspecified atom stereocenters. The fraction of sp³-hybridized carbons (Fsp3) is 0.783. The average molecular weight is 502 g/mol. The zero-order valence-electron chi connectivity index (χ0n) is 21.1.